The number of nitrogens with one attached hydrogen (secondary N) is 1. The Morgan fingerprint density at radius 1 is 1.04 bits per heavy atom. The van der Waals surface area contributed by atoms with Crippen molar-refractivity contribution >= 4 is 34.9 Å². The molecule has 0 aliphatic heterocycles. The number of likely N-dealkylation sites (N-methyl/N-ethyl adjacent to an activating group) is 1. The van der Waals surface area contributed by atoms with Gasteiger partial charge in [-0.15, -0.1) is 0 Å². The molecule has 2 aromatic rings. The fraction of sp³-hybridized carbons (Fsp3) is 0.263. The Morgan fingerprint density at radius 2 is 1.65 bits per heavy atom. The molecule has 0 aromatic heterocycles. The highest BCUT2D eigenvalue weighted by Crippen LogP contribution is 2.20. The number of benzene rings is 2. The van der Waals surface area contributed by atoms with Gasteiger partial charge in [0.15, 0.2) is 0 Å². The first-order chi connectivity index (χ1) is 12.4. The van der Waals surface area contributed by atoms with Crippen molar-refractivity contribution in [3.63, 3.8) is 0 Å². The van der Waals surface area contributed by atoms with Gasteiger partial charge >= 0.3 is 6.03 Å². The summed E-state index contributed by atoms with van der Waals surface area (Å²) >= 11 is 5.85. The third-order valence-electron chi connectivity index (χ3n) is 3.88. The van der Waals surface area contributed by atoms with E-state index in [9.17, 15) is 9.59 Å². The van der Waals surface area contributed by atoms with Gasteiger partial charge in [-0.3, -0.25) is 4.79 Å². The second-order valence-corrected chi connectivity index (χ2v) is 6.20. The minimum absolute atomic E-state index is 0.141. The predicted molar refractivity (Wildman–Crippen MR) is 104 cm³/mol. The van der Waals surface area contributed by atoms with Crippen LogP contribution >= 0.6 is 11.6 Å². The van der Waals surface area contributed by atoms with Crippen molar-refractivity contribution in [1.82, 2.24) is 4.90 Å². The Labute approximate surface area is 158 Å². The number of hydrogen-bond donors (Lipinski definition) is 1. The van der Waals surface area contributed by atoms with Gasteiger partial charge < -0.3 is 19.9 Å². The molecule has 0 bridgehead atoms. The van der Waals surface area contributed by atoms with Crippen LogP contribution < -0.4 is 10.2 Å². The molecule has 6 nitrogen and oxygen atoms in total. The summed E-state index contributed by atoms with van der Waals surface area (Å²) < 4.78 is 4.95. The molecule has 138 valence electrons. The lowest BCUT2D eigenvalue weighted by Gasteiger charge is -2.19. The number of hydrogen-bond acceptors (Lipinski definition) is 3. The summed E-state index contributed by atoms with van der Waals surface area (Å²) in [7, 11) is 4.98. The van der Waals surface area contributed by atoms with Crippen LogP contribution in [0.2, 0.25) is 5.02 Å². The van der Waals surface area contributed by atoms with E-state index in [4.69, 9.17) is 16.3 Å². The Kier molecular flexibility index (Phi) is 7.00. The van der Waals surface area contributed by atoms with Crippen LogP contribution in [-0.4, -0.2) is 51.2 Å². The molecule has 26 heavy (non-hydrogen) atoms. The van der Waals surface area contributed by atoms with E-state index in [2.05, 4.69) is 5.32 Å². The lowest BCUT2D eigenvalue weighted by molar-refractivity contribution is 0.0993. The molecule has 0 saturated carbocycles. The second-order valence-electron chi connectivity index (χ2n) is 5.76. The lowest BCUT2D eigenvalue weighted by Crippen LogP contribution is -2.33. The SMILES string of the molecule is COCCN(C)C(=O)Nc1ccc(N(C)C(=O)c2ccc(Cl)cc2)cc1. The van der Waals surface area contributed by atoms with Crippen LogP contribution in [0.5, 0.6) is 0 Å². The van der Waals surface area contributed by atoms with Crippen molar-refractivity contribution in [2.75, 3.05) is 44.6 Å². The Balaban J connectivity index is 2.00. The molecule has 0 heterocycles. The first-order valence-electron chi connectivity index (χ1n) is 8.07. The summed E-state index contributed by atoms with van der Waals surface area (Å²) in [5.41, 5.74) is 1.92. The number of carbonyl (C=O) groups excluding carboxylic acids is 2. The van der Waals surface area contributed by atoms with Gasteiger partial charge in [-0.05, 0) is 48.5 Å². The van der Waals surface area contributed by atoms with E-state index in [0.717, 1.165) is 5.69 Å². The number of ether oxygens (including phenoxy) is 1. The van der Waals surface area contributed by atoms with Gasteiger partial charge in [-0.25, -0.2) is 4.79 Å². The number of halogens is 1. The largest absolute Gasteiger partial charge is 0.383 e. The van der Waals surface area contributed by atoms with Crippen molar-refractivity contribution < 1.29 is 14.3 Å². The van der Waals surface area contributed by atoms with Crippen LogP contribution in [0.3, 0.4) is 0 Å². The molecule has 0 aliphatic carbocycles. The summed E-state index contributed by atoms with van der Waals surface area (Å²) in [6.45, 7) is 0.971. The normalized spacial score (nSPS) is 10.3. The van der Waals surface area contributed by atoms with Gasteiger partial charge in [0, 0.05) is 49.7 Å². The molecule has 0 radical (unpaired) electrons. The Hall–Kier alpha value is -2.57. The first kappa shape index (κ1) is 19.8. The molecule has 7 heteroatoms. The summed E-state index contributed by atoms with van der Waals surface area (Å²) in [5.74, 6) is -0.141. The fourth-order valence-corrected chi connectivity index (χ4v) is 2.35. The summed E-state index contributed by atoms with van der Waals surface area (Å²) in [4.78, 5) is 27.6. The van der Waals surface area contributed by atoms with Crippen LogP contribution in [0.15, 0.2) is 48.5 Å². The number of rotatable bonds is 6. The average Bonchev–Trinajstić information content (AvgIpc) is 2.66. The van der Waals surface area contributed by atoms with Crippen molar-refractivity contribution in [1.29, 1.82) is 0 Å². The smallest absolute Gasteiger partial charge is 0.321 e. The van der Waals surface area contributed by atoms with Gasteiger partial charge in [0.05, 0.1) is 6.61 Å². The maximum absolute atomic E-state index is 12.5. The highest BCUT2D eigenvalue weighted by atomic mass is 35.5. The summed E-state index contributed by atoms with van der Waals surface area (Å²) in [5, 5.41) is 3.38. The lowest BCUT2D eigenvalue weighted by atomic mass is 10.2. The van der Waals surface area contributed by atoms with Crippen molar-refractivity contribution in [2.45, 2.75) is 0 Å². The molecule has 0 atom stereocenters. The van der Waals surface area contributed by atoms with E-state index < -0.39 is 0 Å². The molecule has 3 amide bonds. The van der Waals surface area contributed by atoms with Gasteiger partial charge in [0.2, 0.25) is 0 Å². The molecule has 1 N–H and O–H groups in total. The summed E-state index contributed by atoms with van der Waals surface area (Å²) in [6, 6.07) is 13.6. The molecule has 0 aliphatic rings. The number of methoxy groups -OCH3 is 1. The van der Waals surface area contributed by atoms with Gasteiger partial charge in [-0.1, -0.05) is 11.6 Å². The number of nitrogens with zero attached hydrogens (tertiary/aromatic N) is 2. The topological polar surface area (TPSA) is 61.9 Å². The number of urea groups is 1. The Bertz CT molecular complexity index is 748. The van der Waals surface area contributed by atoms with E-state index in [1.807, 2.05) is 0 Å². The fourth-order valence-electron chi connectivity index (χ4n) is 2.22. The maximum Gasteiger partial charge on any atom is 0.321 e. The number of anilines is 2. The molecule has 0 saturated heterocycles. The zero-order valence-electron chi connectivity index (χ0n) is 15.0. The molecule has 2 aromatic carbocycles. The Morgan fingerprint density at radius 3 is 2.23 bits per heavy atom. The van der Waals surface area contributed by atoms with Gasteiger partial charge in [-0.2, -0.15) is 0 Å². The molecular weight excluding hydrogens is 354 g/mol. The van der Waals surface area contributed by atoms with Crippen LogP contribution in [0.1, 0.15) is 10.4 Å². The minimum Gasteiger partial charge on any atom is -0.383 e. The van der Waals surface area contributed by atoms with E-state index >= 15 is 0 Å². The molecular formula is C19H22ClN3O3. The summed E-state index contributed by atoms with van der Waals surface area (Å²) in [6.07, 6.45) is 0. The van der Waals surface area contributed by atoms with Crippen molar-refractivity contribution in [2.24, 2.45) is 0 Å². The van der Waals surface area contributed by atoms with Gasteiger partial charge in [0.1, 0.15) is 0 Å². The number of amides is 3. The zero-order valence-corrected chi connectivity index (χ0v) is 15.8. The second kappa shape index (κ2) is 9.22. The van der Waals surface area contributed by atoms with Crippen molar-refractivity contribution in [3.05, 3.63) is 59.1 Å². The monoisotopic (exact) mass is 375 g/mol. The van der Waals surface area contributed by atoms with E-state index in [1.165, 1.54) is 4.90 Å². The highest BCUT2D eigenvalue weighted by Gasteiger charge is 2.14. The highest BCUT2D eigenvalue weighted by molar-refractivity contribution is 6.30. The maximum atomic E-state index is 12.5. The molecule has 0 unspecified atom stereocenters. The van der Waals surface area contributed by atoms with Gasteiger partial charge in [0.25, 0.3) is 5.91 Å². The first-order valence-corrected chi connectivity index (χ1v) is 8.45. The minimum atomic E-state index is -0.222. The molecule has 2 rings (SSSR count). The average molecular weight is 376 g/mol. The standard InChI is InChI=1S/C19H22ClN3O3/c1-22(12-13-26-3)19(25)21-16-8-10-17(11-9-16)23(2)18(24)14-4-6-15(20)7-5-14/h4-11H,12-13H2,1-3H3,(H,21,25). The predicted octanol–water partition coefficient (Wildman–Crippen LogP) is 3.73. The molecule has 0 fully saturated rings. The quantitative estimate of drug-likeness (QED) is 0.836. The van der Waals surface area contributed by atoms with E-state index in [-0.39, 0.29) is 11.9 Å². The van der Waals surface area contributed by atoms with Crippen LogP contribution in [0.25, 0.3) is 0 Å². The number of carbonyl (C=O) groups is 2. The zero-order chi connectivity index (χ0) is 19.1. The van der Waals surface area contributed by atoms with Crippen LogP contribution in [0, 0.1) is 0 Å². The van der Waals surface area contributed by atoms with E-state index in [0.29, 0.717) is 29.4 Å². The van der Waals surface area contributed by atoms with Crippen molar-refractivity contribution in [3.8, 4) is 0 Å². The van der Waals surface area contributed by atoms with Crippen LogP contribution in [0.4, 0.5) is 16.2 Å². The van der Waals surface area contributed by atoms with Crippen LogP contribution in [-0.2, 0) is 4.74 Å². The van der Waals surface area contributed by atoms with E-state index in [1.54, 1.807) is 74.6 Å². The third-order valence-corrected chi connectivity index (χ3v) is 4.13. The molecule has 0 spiro atoms. The third kappa shape index (κ3) is 5.21.